The van der Waals surface area contributed by atoms with Gasteiger partial charge in [-0.1, -0.05) is 0 Å². The molecule has 4 rings (SSSR count). The number of nitrogens with zero attached hydrogens (tertiary/aromatic N) is 5. The van der Waals surface area contributed by atoms with E-state index >= 15 is 0 Å². The first kappa shape index (κ1) is 14.5. The number of imidazole rings is 1. The molecular weight excluding hydrogens is 308 g/mol. The van der Waals surface area contributed by atoms with Gasteiger partial charge >= 0.3 is 0 Å². The predicted octanol–water partition coefficient (Wildman–Crippen LogP) is 2.70. The normalized spacial score (nSPS) is 19.0. The van der Waals surface area contributed by atoms with E-state index in [0.29, 0.717) is 5.92 Å². The molecule has 3 aromatic rings. The van der Waals surface area contributed by atoms with Crippen LogP contribution in [0.4, 0.5) is 0 Å². The van der Waals surface area contributed by atoms with Crippen molar-refractivity contribution in [3.05, 3.63) is 47.1 Å². The van der Waals surface area contributed by atoms with Gasteiger partial charge in [-0.05, 0) is 19.4 Å². The summed E-state index contributed by atoms with van der Waals surface area (Å²) in [6, 6.07) is 0. The molecule has 0 spiro atoms. The van der Waals surface area contributed by atoms with E-state index in [2.05, 4.69) is 35.2 Å². The molecule has 0 aliphatic carbocycles. The van der Waals surface area contributed by atoms with Crippen LogP contribution in [-0.4, -0.2) is 42.9 Å². The summed E-state index contributed by atoms with van der Waals surface area (Å²) >= 11 is 1.65. The van der Waals surface area contributed by atoms with Gasteiger partial charge in [0.25, 0.3) is 0 Å². The molecule has 7 heteroatoms. The van der Waals surface area contributed by atoms with Crippen LogP contribution in [-0.2, 0) is 6.54 Å². The minimum Gasteiger partial charge on any atom is -0.343 e. The summed E-state index contributed by atoms with van der Waals surface area (Å²) in [5.74, 6) is 1.18. The smallest absolute Gasteiger partial charge is 0.157 e. The molecule has 0 radical (unpaired) electrons. The van der Waals surface area contributed by atoms with E-state index in [4.69, 9.17) is 0 Å². The molecule has 1 fully saturated rings. The summed E-state index contributed by atoms with van der Waals surface area (Å²) in [6.07, 6.45) is 9.40. The van der Waals surface area contributed by atoms with Crippen molar-refractivity contribution < 1.29 is 0 Å². The van der Waals surface area contributed by atoms with Gasteiger partial charge in [-0.3, -0.25) is 9.88 Å². The molecule has 1 N–H and O–H groups in total. The summed E-state index contributed by atoms with van der Waals surface area (Å²) in [4.78, 5) is 23.5. The van der Waals surface area contributed by atoms with Crippen LogP contribution in [0.2, 0.25) is 0 Å². The van der Waals surface area contributed by atoms with E-state index in [1.165, 1.54) is 6.42 Å². The number of likely N-dealkylation sites (tertiary alicyclic amines) is 1. The van der Waals surface area contributed by atoms with Gasteiger partial charge in [0.2, 0.25) is 0 Å². The van der Waals surface area contributed by atoms with Gasteiger partial charge in [-0.15, -0.1) is 11.3 Å². The number of hydrogen-bond acceptors (Lipinski definition) is 6. The Bertz CT molecular complexity index is 740. The van der Waals surface area contributed by atoms with Gasteiger partial charge in [0.15, 0.2) is 5.82 Å². The molecule has 3 aromatic heterocycles. The molecule has 0 bridgehead atoms. The van der Waals surface area contributed by atoms with E-state index in [1.807, 2.05) is 11.7 Å². The first-order valence-corrected chi connectivity index (χ1v) is 8.74. The Morgan fingerprint density at radius 2 is 2.13 bits per heavy atom. The van der Waals surface area contributed by atoms with Crippen molar-refractivity contribution in [3.8, 4) is 11.5 Å². The second kappa shape index (κ2) is 6.55. The zero-order valence-electron chi connectivity index (χ0n) is 12.7. The van der Waals surface area contributed by atoms with Crippen molar-refractivity contribution in [2.45, 2.75) is 25.3 Å². The van der Waals surface area contributed by atoms with Crippen molar-refractivity contribution in [2.75, 3.05) is 13.1 Å². The zero-order valence-corrected chi connectivity index (χ0v) is 13.5. The minimum absolute atomic E-state index is 0.385. The molecule has 1 atom stereocenters. The maximum atomic E-state index is 4.63. The molecule has 0 amide bonds. The predicted molar refractivity (Wildman–Crippen MR) is 89.0 cm³/mol. The van der Waals surface area contributed by atoms with Crippen LogP contribution in [0.1, 0.15) is 30.1 Å². The molecule has 0 aromatic carbocycles. The van der Waals surface area contributed by atoms with Crippen molar-refractivity contribution in [1.82, 2.24) is 29.8 Å². The van der Waals surface area contributed by atoms with Crippen LogP contribution in [0.25, 0.3) is 11.5 Å². The largest absolute Gasteiger partial charge is 0.343 e. The Hall–Kier alpha value is -2.12. The quantitative estimate of drug-likeness (QED) is 0.798. The summed E-state index contributed by atoms with van der Waals surface area (Å²) in [5, 5.41) is 2.13. The van der Waals surface area contributed by atoms with E-state index in [1.54, 1.807) is 29.9 Å². The average Bonchev–Trinajstić information content (AvgIpc) is 3.29. The minimum atomic E-state index is 0.385. The number of H-pyrrole nitrogens is 1. The van der Waals surface area contributed by atoms with Gasteiger partial charge in [-0.2, -0.15) is 0 Å². The monoisotopic (exact) mass is 326 g/mol. The van der Waals surface area contributed by atoms with Crippen LogP contribution >= 0.6 is 11.3 Å². The summed E-state index contributed by atoms with van der Waals surface area (Å²) in [5.41, 5.74) is 4.97. The van der Waals surface area contributed by atoms with Gasteiger partial charge in [0.1, 0.15) is 5.69 Å². The highest BCUT2D eigenvalue weighted by molar-refractivity contribution is 7.07. The topological polar surface area (TPSA) is 70.6 Å². The maximum Gasteiger partial charge on any atom is 0.157 e. The number of rotatable bonds is 4. The standard InChI is InChI=1S/C16H18N6S/c1-2-12(8-22(7-1)9-13-10-23-11-21-13)14-15(18-4-3-17-14)16-19-5-6-20-16/h3-6,10-12H,1-2,7-9H2,(H,19,20). The van der Waals surface area contributed by atoms with Gasteiger partial charge in [-0.25, -0.2) is 15.0 Å². The summed E-state index contributed by atoms with van der Waals surface area (Å²) < 4.78 is 0. The molecule has 118 valence electrons. The number of thiazole rings is 1. The van der Waals surface area contributed by atoms with Crippen LogP contribution < -0.4 is 0 Å². The third-order valence-electron chi connectivity index (χ3n) is 4.21. The highest BCUT2D eigenvalue weighted by atomic mass is 32.1. The molecule has 0 saturated carbocycles. The number of aromatic amines is 1. The molecular formula is C16H18N6S. The fourth-order valence-electron chi connectivity index (χ4n) is 3.19. The SMILES string of the molecule is c1c[nH]c(-c2nccnc2C2CCCN(Cc3cscn3)C2)n1. The van der Waals surface area contributed by atoms with E-state index in [9.17, 15) is 0 Å². The third kappa shape index (κ3) is 3.16. The Morgan fingerprint density at radius 1 is 1.17 bits per heavy atom. The average molecular weight is 326 g/mol. The van der Waals surface area contributed by atoms with Gasteiger partial charge < -0.3 is 4.98 Å². The molecule has 1 aliphatic heterocycles. The lowest BCUT2D eigenvalue weighted by Crippen LogP contribution is -2.34. The number of aromatic nitrogens is 5. The second-order valence-electron chi connectivity index (χ2n) is 5.78. The van der Waals surface area contributed by atoms with E-state index in [0.717, 1.165) is 49.0 Å². The second-order valence-corrected chi connectivity index (χ2v) is 6.50. The van der Waals surface area contributed by atoms with Crippen molar-refractivity contribution in [1.29, 1.82) is 0 Å². The third-order valence-corrected chi connectivity index (χ3v) is 4.85. The van der Waals surface area contributed by atoms with Gasteiger partial charge in [0.05, 0.1) is 16.9 Å². The fraction of sp³-hybridized carbons (Fsp3) is 0.375. The molecule has 1 saturated heterocycles. The summed E-state index contributed by atoms with van der Waals surface area (Å²) in [7, 11) is 0. The molecule has 1 aliphatic rings. The van der Waals surface area contributed by atoms with Crippen molar-refractivity contribution in [2.24, 2.45) is 0 Å². The molecule has 23 heavy (non-hydrogen) atoms. The Morgan fingerprint density at radius 3 is 2.96 bits per heavy atom. The van der Waals surface area contributed by atoms with Crippen molar-refractivity contribution in [3.63, 3.8) is 0 Å². The lowest BCUT2D eigenvalue weighted by molar-refractivity contribution is 0.197. The Balaban J connectivity index is 1.56. The highest BCUT2D eigenvalue weighted by Gasteiger charge is 2.26. The highest BCUT2D eigenvalue weighted by Crippen LogP contribution is 2.30. The number of nitrogens with one attached hydrogen (secondary N) is 1. The first-order valence-electron chi connectivity index (χ1n) is 7.80. The Kier molecular flexibility index (Phi) is 4.12. The van der Waals surface area contributed by atoms with Crippen molar-refractivity contribution >= 4 is 11.3 Å². The van der Waals surface area contributed by atoms with E-state index < -0.39 is 0 Å². The van der Waals surface area contributed by atoms with E-state index in [-0.39, 0.29) is 0 Å². The zero-order chi connectivity index (χ0) is 15.5. The number of hydrogen-bond donors (Lipinski definition) is 1. The van der Waals surface area contributed by atoms with Crippen LogP contribution in [0.15, 0.2) is 35.7 Å². The molecule has 1 unspecified atom stereocenters. The van der Waals surface area contributed by atoms with Crippen LogP contribution in [0.5, 0.6) is 0 Å². The fourth-order valence-corrected chi connectivity index (χ4v) is 3.74. The number of piperidine rings is 1. The molecule has 6 nitrogen and oxygen atoms in total. The summed E-state index contributed by atoms with van der Waals surface area (Å²) in [6.45, 7) is 3.02. The molecule has 4 heterocycles. The van der Waals surface area contributed by atoms with Gasteiger partial charge in [0, 0.05) is 49.2 Å². The lowest BCUT2D eigenvalue weighted by atomic mass is 9.93. The Labute approximate surface area is 138 Å². The van der Waals surface area contributed by atoms with Crippen LogP contribution in [0, 0.1) is 0 Å². The maximum absolute atomic E-state index is 4.63. The lowest BCUT2D eigenvalue weighted by Gasteiger charge is -2.32. The van der Waals surface area contributed by atoms with Crippen LogP contribution in [0.3, 0.4) is 0 Å². The first-order chi connectivity index (χ1) is 11.4.